The first-order chi connectivity index (χ1) is 13.9. The minimum absolute atomic E-state index is 0.0902. The van der Waals surface area contributed by atoms with Crippen LogP contribution in [0.25, 0.3) is 0 Å². The molecule has 29 heavy (non-hydrogen) atoms. The van der Waals surface area contributed by atoms with Crippen molar-refractivity contribution in [3.8, 4) is 0 Å². The van der Waals surface area contributed by atoms with Gasteiger partial charge in [0.2, 0.25) is 5.91 Å². The Morgan fingerprint density at radius 2 is 1.79 bits per heavy atom. The highest BCUT2D eigenvalue weighted by atomic mass is 16.5. The molecule has 0 radical (unpaired) electrons. The molecule has 1 heterocycles. The highest BCUT2D eigenvalue weighted by Gasteiger charge is 2.37. The zero-order valence-electron chi connectivity index (χ0n) is 17.0. The zero-order valence-corrected chi connectivity index (χ0v) is 17.0. The first-order valence-electron chi connectivity index (χ1n) is 9.81. The summed E-state index contributed by atoms with van der Waals surface area (Å²) < 4.78 is 5.20. The molecule has 3 rings (SSSR count). The molecular weight excluding hydrogens is 368 g/mol. The number of amides is 2. The average Bonchev–Trinajstić information content (AvgIpc) is 3.08. The van der Waals surface area contributed by atoms with Crippen molar-refractivity contribution < 1.29 is 19.1 Å². The summed E-state index contributed by atoms with van der Waals surface area (Å²) in [5, 5.41) is 2.77. The van der Waals surface area contributed by atoms with E-state index in [2.05, 4.69) is 5.32 Å². The van der Waals surface area contributed by atoms with E-state index in [0.717, 1.165) is 28.8 Å². The van der Waals surface area contributed by atoms with Gasteiger partial charge in [0.25, 0.3) is 5.91 Å². The summed E-state index contributed by atoms with van der Waals surface area (Å²) in [6.45, 7) is 5.79. The lowest BCUT2D eigenvalue weighted by molar-refractivity contribution is -0.151. The minimum Gasteiger partial charge on any atom is -0.455 e. The first kappa shape index (κ1) is 20.6. The number of anilines is 2. The Morgan fingerprint density at radius 1 is 1.10 bits per heavy atom. The molecule has 0 aliphatic carbocycles. The maximum absolute atomic E-state index is 12.5. The van der Waals surface area contributed by atoms with E-state index in [9.17, 15) is 14.4 Å². The Kier molecular flexibility index (Phi) is 6.32. The van der Waals surface area contributed by atoms with Crippen molar-refractivity contribution in [3.05, 3.63) is 59.2 Å². The topological polar surface area (TPSA) is 75.7 Å². The van der Waals surface area contributed by atoms with E-state index in [1.165, 1.54) is 0 Å². The smallest absolute Gasteiger partial charge is 0.311 e. The third-order valence-electron chi connectivity index (χ3n) is 5.19. The van der Waals surface area contributed by atoms with Gasteiger partial charge in [-0.2, -0.15) is 0 Å². The van der Waals surface area contributed by atoms with Crippen molar-refractivity contribution in [2.75, 3.05) is 23.4 Å². The molecule has 152 valence electrons. The summed E-state index contributed by atoms with van der Waals surface area (Å²) in [6.07, 6.45) is 0.876. The van der Waals surface area contributed by atoms with Gasteiger partial charge in [-0.25, -0.2) is 0 Å². The molecule has 6 nitrogen and oxygen atoms in total. The number of carbonyl (C=O) groups is 3. The number of benzene rings is 2. The normalized spacial score (nSPS) is 16.0. The second-order valence-electron chi connectivity index (χ2n) is 7.31. The largest absolute Gasteiger partial charge is 0.455 e. The number of hydrogen-bond acceptors (Lipinski definition) is 4. The SMILES string of the molecule is CCc1ccccc1NC(=O)COC(=O)[C@@H]1CC(=O)N(c2c(C)cccc2C)C1. The van der Waals surface area contributed by atoms with Crippen LogP contribution in [0.3, 0.4) is 0 Å². The van der Waals surface area contributed by atoms with Crippen molar-refractivity contribution in [3.63, 3.8) is 0 Å². The van der Waals surface area contributed by atoms with E-state index >= 15 is 0 Å². The molecule has 2 aromatic carbocycles. The number of ether oxygens (including phenoxy) is 1. The van der Waals surface area contributed by atoms with Crippen LogP contribution >= 0.6 is 0 Å². The van der Waals surface area contributed by atoms with Crippen LogP contribution in [-0.4, -0.2) is 30.9 Å². The Bertz CT molecular complexity index is 918. The maximum Gasteiger partial charge on any atom is 0.311 e. The van der Waals surface area contributed by atoms with E-state index in [-0.39, 0.29) is 25.5 Å². The molecule has 1 saturated heterocycles. The zero-order chi connectivity index (χ0) is 21.0. The number of hydrogen-bond donors (Lipinski definition) is 1. The molecule has 2 aromatic rings. The minimum atomic E-state index is -0.572. The van der Waals surface area contributed by atoms with Crippen molar-refractivity contribution in [2.24, 2.45) is 5.92 Å². The third kappa shape index (κ3) is 4.65. The predicted molar refractivity (Wildman–Crippen MR) is 112 cm³/mol. The van der Waals surface area contributed by atoms with Crippen LogP contribution in [-0.2, 0) is 25.5 Å². The Morgan fingerprint density at radius 3 is 2.48 bits per heavy atom. The highest BCUT2D eigenvalue weighted by Crippen LogP contribution is 2.31. The van der Waals surface area contributed by atoms with Gasteiger partial charge in [0.05, 0.1) is 5.92 Å². The van der Waals surface area contributed by atoms with Crippen molar-refractivity contribution in [2.45, 2.75) is 33.6 Å². The molecule has 2 amide bonds. The summed E-state index contributed by atoms with van der Waals surface area (Å²) in [4.78, 5) is 38.7. The fraction of sp³-hybridized carbons (Fsp3) is 0.348. The molecule has 1 aliphatic heterocycles. The van der Waals surface area contributed by atoms with E-state index < -0.39 is 17.8 Å². The molecular formula is C23H26N2O4. The number of esters is 1. The van der Waals surface area contributed by atoms with Crippen molar-refractivity contribution in [1.82, 2.24) is 0 Å². The number of nitrogens with one attached hydrogen (secondary N) is 1. The summed E-state index contributed by atoms with van der Waals surface area (Å²) in [6, 6.07) is 13.3. The van der Waals surface area contributed by atoms with Gasteiger partial charge in [-0.05, 0) is 43.0 Å². The van der Waals surface area contributed by atoms with Crippen LogP contribution in [0.1, 0.15) is 30.0 Å². The van der Waals surface area contributed by atoms with Gasteiger partial charge in [0, 0.05) is 24.3 Å². The molecule has 6 heteroatoms. The third-order valence-corrected chi connectivity index (χ3v) is 5.19. The molecule has 0 saturated carbocycles. The van der Waals surface area contributed by atoms with Crippen LogP contribution in [0.4, 0.5) is 11.4 Å². The number of carbonyl (C=O) groups excluding carboxylic acids is 3. The van der Waals surface area contributed by atoms with Gasteiger partial charge in [-0.3, -0.25) is 14.4 Å². The molecule has 1 aliphatic rings. The van der Waals surface area contributed by atoms with Gasteiger partial charge in [-0.1, -0.05) is 43.3 Å². The van der Waals surface area contributed by atoms with E-state index in [4.69, 9.17) is 4.74 Å². The Balaban J connectivity index is 1.58. The highest BCUT2D eigenvalue weighted by molar-refractivity contribution is 6.01. The van der Waals surface area contributed by atoms with Crippen molar-refractivity contribution >= 4 is 29.2 Å². The predicted octanol–water partition coefficient (Wildman–Crippen LogP) is 3.40. The second-order valence-corrected chi connectivity index (χ2v) is 7.31. The summed E-state index contributed by atoms with van der Waals surface area (Å²) >= 11 is 0. The lowest BCUT2D eigenvalue weighted by atomic mass is 10.1. The van der Waals surface area contributed by atoms with Gasteiger partial charge < -0.3 is 15.0 Å². The summed E-state index contributed by atoms with van der Waals surface area (Å²) in [5.41, 5.74) is 4.55. The standard InChI is InChI=1S/C23H26N2O4/c1-4-17-10-5-6-11-19(17)24-20(26)14-29-23(28)18-12-21(27)25(13-18)22-15(2)8-7-9-16(22)3/h5-11,18H,4,12-14H2,1-3H3,(H,24,26)/t18-/m1/s1. The summed E-state index contributed by atoms with van der Waals surface area (Å²) in [7, 11) is 0. The molecule has 0 aromatic heterocycles. The van der Waals surface area contributed by atoms with Gasteiger partial charge in [-0.15, -0.1) is 0 Å². The van der Waals surface area contributed by atoms with E-state index in [1.54, 1.807) is 4.90 Å². The van der Waals surface area contributed by atoms with Crippen molar-refractivity contribution in [1.29, 1.82) is 0 Å². The second kappa shape index (κ2) is 8.90. The number of rotatable bonds is 6. The fourth-order valence-corrected chi connectivity index (χ4v) is 3.70. The molecule has 0 unspecified atom stereocenters. The lowest BCUT2D eigenvalue weighted by Gasteiger charge is -2.21. The van der Waals surface area contributed by atoms with Crippen LogP contribution in [0.2, 0.25) is 0 Å². The van der Waals surface area contributed by atoms with Gasteiger partial charge in [0.15, 0.2) is 6.61 Å². The van der Waals surface area contributed by atoms with Crippen LogP contribution in [0.5, 0.6) is 0 Å². The molecule has 0 bridgehead atoms. The quantitative estimate of drug-likeness (QED) is 0.762. The Hall–Kier alpha value is -3.15. The molecule has 1 atom stereocenters. The maximum atomic E-state index is 12.5. The fourth-order valence-electron chi connectivity index (χ4n) is 3.70. The van der Waals surface area contributed by atoms with Gasteiger partial charge >= 0.3 is 5.97 Å². The average molecular weight is 394 g/mol. The number of aryl methyl sites for hydroxylation is 3. The molecule has 0 spiro atoms. The number of nitrogens with zero attached hydrogens (tertiary/aromatic N) is 1. The van der Waals surface area contributed by atoms with Crippen LogP contribution < -0.4 is 10.2 Å². The first-order valence-corrected chi connectivity index (χ1v) is 9.81. The van der Waals surface area contributed by atoms with Crippen LogP contribution in [0, 0.1) is 19.8 Å². The molecule has 1 fully saturated rings. The number of para-hydroxylation sites is 2. The van der Waals surface area contributed by atoms with Crippen LogP contribution in [0.15, 0.2) is 42.5 Å². The Labute approximate surface area is 170 Å². The monoisotopic (exact) mass is 394 g/mol. The lowest BCUT2D eigenvalue weighted by Crippen LogP contribution is -2.29. The van der Waals surface area contributed by atoms with E-state index in [0.29, 0.717) is 5.69 Å². The van der Waals surface area contributed by atoms with E-state index in [1.807, 2.05) is 63.2 Å². The summed E-state index contributed by atoms with van der Waals surface area (Å²) in [5.74, 6) is -1.59. The molecule has 1 N–H and O–H groups in total. The van der Waals surface area contributed by atoms with Gasteiger partial charge in [0.1, 0.15) is 0 Å².